The second kappa shape index (κ2) is 7.45. The normalized spacial score (nSPS) is 10.6. The van der Waals surface area contributed by atoms with Gasteiger partial charge in [0.05, 0.1) is 0 Å². The Morgan fingerprint density at radius 3 is 2.62 bits per heavy atom. The highest BCUT2D eigenvalue weighted by Gasteiger charge is 2.07. The fourth-order valence-electron chi connectivity index (χ4n) is 2.30. The summed E-state index contributed by atoms with van der Waals surface area (Å²) >= 11 is 1.72. The molecule has 0 aliphatic heterocycles. The lowest BCUT2D eigenvalue weighted by molar-refractivity contribution is 1.00. The minimum atomic E-state index is 0.681. The molecular weight excluding hydrogens is 316 g/mol. The SMILES string of the molecule is Cc1cc(SCc2cccc(N(C)C)c2)nc(-c2ccccn2)n1. The predicted octanol–water partition coefficient (Wildman–Crippen LogP) is 4.21. The molecular formula is C19H20N4S. The van der Waals surface area contributed by atoms with Crippen molar-refractivity contribution < 1.29 is 0 Å². The number of pyridine rings is 1. The number of aromatic nitrogens is 3. The summed E-state index contributed by atoms with van der Waals surface area (Å²) in [6.45, 7) is 1.99. The van der Waals surface area contributed by atoms with Crippen LogP contribution in [0, 0.1) is 6.92 Å². The molecule has 24 heavy (non-hydrogen) atoms. The first kappa shape index (κ1) is 16.5. The van der Waals surface area contributed by atoms with Crippen LogP contribution in [-0.2, 0) is 5.75 Å². The quantitative estimate of drug-likeness (QED) is 0.516. The molecule has 0 N–H and O–H groups in total. The second-order valence-electron chi connectivity index (χ2n) is 5.74. The summed E-state index contributed by atoms with van der Waals surface area (Å²) in [6, 6.07) is 16.4. The third-order valence-corrected chi connectivity index (χ3v) is 4.52. The average molecular weight is 336 g/mol. The van der Waals surface area contributed by atoms with Crippen molar-refractivity contribution in [2.75, 3.05) is 19.0 Å². The van der Waals surface area contributed by atoms with Crippen LogP contribution >= 0.6 is 11.8 Å². The van der Waals surface area contributed by atoms with Crippen molar-refractivity contribution in [2.45, 2.75) is 17.7 Å². The summed E-state index contributed by atoms with van der Waals surface area (Å²) in [5.41, 5.74) is 4.25. The average Bonchev–Trinajstić information content (AvgIpc) is 2.60. The zero-order valence-electron chi connectivity index (χ0n) is 14.1. The standard InChI is InChI=1S/C19H20N4S/c1-14-11-18(22-19(21-14)17-9-4-5-10-20-17)24-13-15-7-6-8-16(12-15)23(2)3/h4-12H,13H2,1-3H3. The highest BCUT2D eigenvalue weighted by molar-refractivity contribution is 7.98. The number of hydrogen-bond acceptors (Lipinski definition) is 5. The van der Waals surface area contributed by atoms with Crippen molar-refractivity contribution in [3.05, 3.63) is 66.0 Å². The third-order valence-electron chi connectivity index (χ3n) is 3.54. The van der Waals surface area contributed by atoms with E-state index in [0.29, 0.717) is 5.82 Å². The van der Waals surface area contributed by atoms with Gasteiger partial charge in [0.2, 0.25) is 0 Å². The van der Waals surface area contributed by atoms with Gasteiger partial charge in [-0.2, -0.15) is 0 Å². The number of benzene rings is 1. The molecule has 0 radical (unpaired) electrons. The number of aryl methyl sites for hydroxylation is 1. The van der Waals surface area contributed by atoms with Gasteiger partial charge in [0.25, 0.3) is 0 Å². The molecule has 3 rings (SSSR count). The summed E-state index contributed by atoms with van der Waals surface area (Å²) in [4.78, 5) is 15.6. The van der Waals surface area contributed by atoms with E-state index in [4.69, 9.17) is 0 Å². The highest BCUT2D eigenvalue weighted by atomic mass is 32.2. The maximum atomic E-state index is 4.66. The van der Waals surface area contributed by atoms with E-state index in [9.17, 15) is 0 Å². The van der Waals surface area contributed by atoms with Crippen molar-refractivity contribution in [1.82, 2.24) is 15.0 Å². The Kier molecular flexibility index (Phi) is 5.11. The van der Waals surface area contributed by atoms with Crippen molar-refractivity contribution in [2.24, 2.45) is 0 Å². The Morgan fingerprint density at radius 1 is 1.00 bits per heavy atom. The van der Waals surface area contributed by atoms with Crippen LogP contribution in [0.1, 0.15) is 11.3 Å². The zero-order valence-corrected chi connectivity index (χ0v) is 14.9. The van der Waals surface area contributed by atoms with E-state index >= 15 is 0 Å². The van der Waals surface area contributed by atoms with Crippen LogP contribution in [0.4, 0.5) is 5.69 Å². The number of nitrogens with zero attached hydrogens (tertiary/aromatic N) is 4. The van der Waals surface area contributed by atoms with Crippen molar-refractivity contribution >= 4 is 17.4 Å². The van der Waals surface area contributed by atoms with Crippen molar-refractivity contribution in [1.29, 1.82) is 0 Å². The van der Waals surface area contributed by atoms with Gasteiger partial charge in [-0.1, -0.05) is 18.2 Å². The minimum absolute atomic E-state index is 0.681. The van der Waals surface area contributed by atoms with Gasteiger partial charge in [0, 0.05) is 37.4 Å². The Morgan fingerprint density at radius 2 is 1.88 bits per heavy atom. The molecule has 0 aliphatic rings. The van der Waals surface area contributed by atoms with Crippen LogP contribution in [0.5, 0.6) is 0 Å². The molecule has 0 amide bonds. The van der Waals surface area contributed by atoms with E-state index in [0.717, 1.165) is 22.2 Å². The summed E-state index contributed by atoms with van der Waals surface area (Å²) in [6.07, 6.45) is 1.76. The molecule has 1 aromatic carbocycles. The van der Waals surface area contributed by atoms with Gasteiger partial charge in [0.1, 0.15) is 10.7 Å². The third kappa shape index (κ3) is 4.11. The number of rotatable bonds is 5. The van der Waals surface area contributed by atoms with Gasteiger partial charge in [-0.05, 0) is 42.8 Å². The van der Waals surface area contributed by atoms with Gasteiger partial charge < -0.3 is 4.90 Å². The van der Waals surface area contributed by atoms with Crippen molar-refractivity contribution in [3.8, 4) is 11.5 Å². The first-order valence-corrected chi connectivity index (χ1v) is 8.76. The van der Waals surface area contributed by atoms with E-state index in [1.807, 2.05) is 31.2 Å². The van der Waals surface area contributed by atoms with Gasteiger partial charge in [-0.15, -0.1) is 11.8 Å². The molecule has 0 unspecified atom stereocenters. The Hall–Kier alpha value is -2.40. The fourth-order valence-corrected chi connectivity index (χ4v) is 3.20. The molecule has 122 valence electrons. The molecule has 0 atom stereocenters. The monoisotopic (exact) mass is 336 g/mol. The maximum absolute atomic E-state index is 4.66. The minimum Gasteiger partial charge on any atom is -0.378 e. The molecule has 0 fully saturated rings. The van der Waals surface area contributed by atoms with Gasteiger partial charge in [-0.3, -0.25) is 4.98 Å². The van der Waals surface area contributed by atoms with Crippen LogP contribution in [0.2, 0.25) is 0 Å². The van der Waals surface area contributed by atoms with Crippen LogP contribution in [-0.4, -0.2) is 29.0 Å². The maximum Gasteiger partial charge on any atom is 0.179 e. The molecule has 0 saturated heterocycles. The molecule has 0 aliphatic carbocycles. The number of anilines is 1. The molecule has 0 spiro atoms. The first-order chi connectivity index (χ1) is 11.6. The smallest absolute Gasteiger partial charge is 0.179 e. The number of thioether (sulfide) groups is 1. The van der Waals surface area contributed by atoms with E-state index in [-0.39, 0.29) is 0 Å². The van der Waals surface area contributed by atoms with Crippen LogP contribution in [0.3, 0.4) is 0 Å². The van der Waals surface area contributed by atoms with Gasteiger partial charge in [-0.25, -0.2) is 9.97 Å². The van der Waals surface area contributed by atoms with Crippen LogP contribution in [0.25, 0.3) is 11.5 Å². The molecule has 2 heterocycles. The zero-order chi connectivity index (χ0) is 16.9. The number of hydrogen-bond donors (Lipinski definition) is 0. The topological polar surface area (TPSA) is 41.9 Å². The van der Waals surface area contributed by atoms with E-state index in [1.54, 1.807) is 18.0 Å². The van der Waals surface area contributed by atoms with E-state index in [1.165, 1.54) is 11.3 Å². The summed E-state index contributed by atoms with van der Waals surface area (Å²) in [5.74, 6) is 1.56. The Balaban J connectivity index is 1.78. The lowest BCUT2D eigenvalue weighted by Crippen LogP contribution is -2.08. The molecule has 4 nitrogen and oxygen atoms in total. The van der Waals surface area contributed by atoms with Gasteiger partial charge >= 0.3 is 0 Å². The molecule has 2 aromatic heterocycles. The van der Waals surface area contributed by atoms with Crippen LogP contribution in [0.15, 0.2) is 59.8 Å². The first-order valence-electron chi connectivity index (χ1n) is 7.78. The van der Waals surface area contributed by atoms with E-state index < -0.39 is 0 Å². The lowest BCUT2D eigenvalue weighted by atomic mass is 10.2. The van der Waals surface area contributed by atoms with E-state index in [2.05, 4.69) is 58.2 Å². The van der Waals surface area contributed by atoms with Crippen LogP contribution < -0.4 is 4.90 Å². The van der Waals surface area contributed by atoms with Crippen molar-refractivity contribution in [3.63, 3.8) is 0 Å². The van der Waals surface area contributed by atoms with Gasteiger partial charge in [0.15, 0.2) is 5.82 Å². The second-order valence-corrected chi connectivity index (χ2v) is 6.73. The summed E-state index contributed by atoms with van der Waals surface area (Å²) in [5, 5.41) is 0.971. The fraction of sp³-hybridized carbons (Fsp3) is 0.211. The Labute approximate surface area is 147 Å². The highest BCUT2D eigenvalue weighted by Crippen LogP contribution is 2.25. The largest absolute Gasteiger partial charge is 0.378 e. The molecule has 5 heteroatoms. The predicted molar refractivity (Wildman–Crippen MR) is 100 cm³/mol. The molecule has 3 aromatic rings. The summed E-state index contributed by atoms with van der Waals surface area (Å²) in [7, 11) is 4.11. The molecule has 0 bridgehead atoms. The summed E-state index contributed by atoms with van der Waals surface area (Å²) < 4.78 is 0. The lowest BCUT2D eigenvalue weighted by Gasteiger charge is -2.13. The molecule has 0 saturated carbocycles. The Bertz CT molecular complexity index is 819.